The number of hydrogen-bond donors (Lipinski definition) is 0. The Morgan fingerprint density at radius 1 is 1.81 bits per heavy atom. The smallest absolute Gasteiger partial charge is 0.335 e. The number of ether oxygens (including phenoxy) is 1. The average Bonchev–Trinajstić information content (AvgIpc) is 2.62. The van der Waals surface area contributed by atoms with Crippen molar-refractivity contribution in [2.45, 2.75) is 19.9 Å². The highest BCUT2D eigenvalue weighted by molar-refractivity contribution is 7.88. The van der Waals surface area contributed by atoms with Crippen LogP contribution in [0.5, 0.6) is 0 Å². The summed E-state index contributed by atoms with van der Waals surface area (Å²) in [7, 11) is 0. The minimum absolute atomic E-state index is 0.227. The van der Waals surface area contributed by atoms with E-state index in [1.54, 1.807) is 23.6 Å². The Kier molecular flexibility index (Phi) is 5.05. The predicted octanol–water partition coefficient (Wildman–Crippen LogP) is 1.03. The van der Waals surface area contributed by atoms with Gasteiger partial charge < -0.3 is 9.29 Å². The zero-order valence-electron chi connectivity index (χ0n) is 9.80. The van der Waals surface area contributed by atoms with Gasteiger partial charge in [0.2, 0.25) is 0 Å². The highest BCUT2D eigenvalue weighted by atomic mass is 32.2. The molecule has 0 radical (unpaired) electrons. The standard InChI is InChI=1S/C11H17NO3S/c1-4-6-10-9(11(13)15-5-2)7-8-12(10)16(3)14/h4,6-7,10H,5,8H2,1-3H3/b6-4+/t10-,16+/m1/s1. The van der Waals surface area contributed by atoms with Crippen LogP contribution in [0.2, 0.25) is 0 Å². The molecule has 0 saturated carbocycles. The van der Waals surface area contributed by atoms with Gasteiger partial charge in [0.05, 0.1) is 18.7 Å². The summed E-state index contributed by atoms with van der Waals surface area (Å²) in [6.45, 7) is 4.52. The number of carbonyl (C=O) groups is 1. The molecular formula is C11H17NO3S. The summed E-state index contributed by atoms with van der Waals surface area (Å²) in [5.41, 5.74) is 0.579. The van der Waals surface area contributed by atoms with Crippen molar-refractivity contribution in [1.29, 1.82) is 0 Å². The number of carbonyl (C=O) groups excluding carboxylic acids is 1. The summed E-state index contributed by atoms with van der Waals surface area (Å²) in [6, 6.07) is -0.227. The first-order valence-electron chi connectivity index (χ1n) is 5.22. The Hall–Kier alpha value is -0.780. The molecule has 0 aliphatic carbocycles. The largest absolute Gasteiger partial charge is 0.598 e. The van der Waals surface area contributed by atoms with Crippen molar-refractivity contribution in [2.24, 2.45) is 0 Å². The van der Waals surface area contributed by atoms with Crippen LogP contribution >= 0.6 is 0 Å². The van der Waals surface area contributed by atoms with E-state index in [1.165, 1.54) is 0 Å². The molecule has 0 bridgehead atoms. The molecule has 1 heterocycles. The molecule has 0 N–H and O–H groups in total. The van der Waals surface area contributed by atoms with Crippen molar-refractivity contribution in [3.63, 3.8) is 0 Å². The fourth-order valence-electron chi connectivity index (χ4n) is 1.64. The average molecular weight is 243 g/mol. The fraction of sp³-hybridized carbons (Fsp3) is 0.545. The molecule has 1 aliphatic heterocycles. The number of hydrogen-bond acceptors (Lipinski definition) is 4. The number of nitrogens with zero attached hydrogens (tertiary/aromatic N) is 1. The zero-order valence-corrected chi connectivity index (χ0v) is 10.6. The monoisotopic (exact) mass is 243 g/mol. The van der Waals surface area contributed by atoms with Gasteiger partial charge in [-0.25, -0.2) is 4.79 Å². The first kappa shape index (κ1) is 13.3. The van der Waals surface area contributed by atoms with Gasteiger partial charge in [-0.3, -0.25) is 0 Å². The van der Waals surface area contributed by atoms with E-state index < -0.39 is 11.4 Å². The van der Waals surface area contributed by atoms with Gasteiger partial charge >= 0.3 is 5.97 Å². The molecule has 0 amide bonds. The molecule has 1 aliphatic rings. The second-order valence-electron chi connectivity index (χ2n) is 3.37. The molecule has 0 aromatic carbocycles. The molecule has 0 aromatic rings. The van der Waals surface area contributed by atoms with Crippen LogP contribution in [-0.2, 0) is 20.9 Å². The van der Waals surface area contributed by atoms with E-state index in [0.29, 0.717) is 18.7 Å². The van der Waals surface area contributed by atoms with Crippen LogP contribution in [-0.4, -0.2) is 40.3 Å². The Morgan fingerprint density at radius 3 is 3.00 bits per heavy atom. The summed E-state index contributed by atoms with van der Waals surface area (Å²) in [4.78, 5) is 11.6. The molecule has 0 unspecified atom stereocenters. The molecule has 0 aromatic heterocycles. The fourth-order valence-corrected chi connectivity index (χ4v) is 2.43. The van der Waals surface area contributed by atoms with Crippen LogP contribution < -0.4 is 0 Å². The summed E-state index contributed by atoms with van der Waals surface area (Å²) in [6.07, 6.45) is 7.10. The van der Waals surface area contributed by atoms with E-state index in [-0.39, 0.29) is 12.0 Å². The normalized spacial score (nSPS) is 23.5. The van der Waals surface area contributed by atoms with Crippen LogP contribution in [0.15, 0.2) is 23.8 Å². The highest BCUT2D eigenvalue weighted by Gasteiger charge is 2.35. The summed E-state index contributed by atoms with van der Waals surface area (Å²) in [5.74, 6) is -0.321. The van der Waals surface area contributed by atoms with E-state index in [1.807, 2.05) is 19.1 Å². The molecule has 16 heavy (non-hydrogen) atoms. The van der Waals surface area contributed by atoms with Crippen LogP contribution in [0.4, 0.5) is 0 Å². The number of esters is 1. The van der Waals surface area contributed by atoms with Crippen molar-refractivity contribution in [3.05, 3.63) is 23.8 Å². The Morgan fingerprint density at radius 2 is 2.50 bits per heavy atom. The lowest BCUT2D eigenvalue weighted by Gasteiger charge is -2.22. The van der Waals surface area contributed by atoms with Crippen LogP contribution in [0, 0.1) is 0 Å². The second kappa shape index (κ2) is 6.08. The Bertz CT molecular complexity index is 312. The van der Waals surface area contributed by atoms with Gasteiger partial charge in [-0.15, -0.1) is 4.31 Å². The van der Waals surface area contributed by atoms with Crippen LogP contribution in [0.3, 0.4) is 0 Å². The third-order valence-electron chi connectivity index (χ3n) is 2.34. The van der Waals surface area contributed by atoms with Crippen molar-refractivity contribution in [1.82, 2.24) is 4.31 Å². The lowest BCUT2D eigenvalue weighted by atomic mass is 10.1. The van der Waals surface area contributed by atoms with E-state index in [9.17, 15) is 9.35 Å². The molecular weight excluding hydrogens is 226 g/mol. The Balaban J connectivity index is 2.82. The van der Waals surface area contributed by atoms with Gasteiger partial charge in [0.15, 0.2) is 0 Å². The Labute approximate surface area is 99.3 Å². The maximum absolute atomic E-state index is 11.6. The van der Waals surface area contributed by atoms with Gasteiger partial charge in [0.1, 0.15) is 12.3 Å². The van der Waals surface area contributed by atoms with Gasteiger partial charge in [0, 0.05) is 11.4 Å². The molecule has 0 spiro atoms. The molecule has 5 heteroatoms. The predicted molar refractivity (Wildman–Crippen MR) is 64.1 cm³/mol. The van der Waals surface area contributed by atoms with Gasteiger partial charge in [-0.2, -0.15) is 0 Å². The van der Waals surface area contributed by atoms with Crippen molar-refractivity contribution in [3.8, 4) is 0 Å². The summed E-state index contributed by atoms with van der Waals surface area (Å²) < 4.78 is 18.2. The van der Waals surface area contributed by atoms with Gasteiger partial charge in [-0.1, -0.05) is 18.2 Å². The minimum atomic E-state index is -1.09. The topological polar surface area (TPSA) is 52.6 Å². The SMILES string of the molecule is C/C=C/[C@@H]1C(C(=O)OCC)=CCN1[S@+](C)[O-]. The third kappa shape index (κ3) is 2.87. The maximum Gasteiger partial charge on any atom is 0.335 e. The van der Waals surface area contributed by atoms with Crippen LogP contribution in [0.25, 0.3) is 0 Å². The van der Waals surface area contributed by atoms with E-state index >= 15 is 0 Å². The highest BCUT2D eigenvalue weighted by Crippen LogP contribution is 2.23. The van der Waals surface area contributed by atoms with Gasteiger partial charge in [0.25, 0.3) is 0 Å². The maximum atomic E-state index is 11.6. The first-order chi connectivity index (χ1) is 7.61. The van der Waals surface area contributed by atoms with Gasteiger partial charge in [-0.05, 0) is 13.8 Å². The summed E-state index contributed by atoms with van der Waals surface area (Å²) in [5, 5.41) is 0. The number of rotatable bonds is 4. The lowest BCUT2D eigenvalue weighted by Crippen LogP contribution is -2.37. The lowest BCUT2D eigenvalue weighted by molar-refractivity contribution is -0.138. The first-order valence-corrected chi connectivity index (χ1v) is 6.73. The summed E-state index contributed by atoms with van der Waals surface area (Å²) >= 11 is -1.09. The third-order valence-corrected chi connectivity index (χ3v) is 3.37. The quantitative estimate of drug-likeness (QED) is 0.420. The van der Waals surface area contributed by atoms with Crippen molar-refractivity contribution < 1.29 is 14.1 Å². The molecule has 0 saturated heterocycles. The van der Waals surface area contributed by atoms with E-state index in [4.69, 9.17) is 4.74 Å². The van der Waals surface area contributed by atoms with E-state index in [2.05, 4.69) is 0 Å². The zero-order chi connectivity index (χ0) is 12.1. The molecule has 4 nitrogen and oxygen atoms in total. The minimum Gasteiger partial charge on any atom is -0.598 e. The molecule has 90 valence electrons. The van der Waals surface area contributed by atoms with E-state index in [0.717, 1.165) is 0 Å². The van der Waals surface area contributed by atoms with Crippen LogP contribution in [0.1, 0.15) is 13.8 Å². The second-order valence-corrected chi connectivity index (χ2v) is 4.69. The molecule has 2 atom stereocenters. The van der Waals surface area contributed by atoms with Crippen molar-refractivity contribution in [2.75, 3.05) is 19.4 Å². The number of allylic oxidation sites excluding steroid dienone is 1. The molecule has 0 fully saturated rings. The molecule has 1 rings (SSSR count). The van der Waals surface area contributed by atoms with Crippen molar-refractivity contribution >= 4 is 17.3 Å².